The molecule has 0 saturated heterocycles. The standard InChI is InChI=1S/C17H30N4O2.HI/c1-5-18-17(19-10-12-23-11-9-14(2)3)20-13-15-7-6-8-16(21-15)22-4;/h6-8,14H,5,9-13H2,1-4H3,(H2,18,19,20);1H. The average molecular weight is 450 g/mol. The van der Waals surface area contributed by atoms with Crippen molar-refractivity contribution < 1.29 is 9.47 Å². The summed E-state index contributed by atoms with van der Waals surface area (Å²) in [5.41, 5.74) is 0.870. The average Bonchev–Trinajstić information content (AvgIpc) is 2.55. The Bertz CT molecular complexity index is 470. The number of aliphatic imine (C=N–C) groups is 1. The van der Waals surface area contributed by atoms with Crippen LogP contribution in [0.4, 0.5) is 0 Å². The van der Waals surface area contributed by atoms with Crippen LogP contribution in [0.3, 0.4) is 0 Å². The second-order valence-corrected chi connectivity index (χ2v) is 5.59. The second kappa shape index (κ2) is 14.3. The first-order chi connectivity index (χ1) is 11.2. The number of nitrogens with zero attached hydrogens (tertiary/aromatic N) is 2. The van der Waals surface area contributed by atoms with Crippen LogP contribution in [0.5, 0.6) is 5.88 Å². The van der Waals surface area contributed by atoms with Gasteiger partial charge in [0.1, 0.15) is 0 Å². The molecule has 2 N–H and O–H groups in total. The van der Waals surface area contributed by atoms with Gasteiger partial charge in [0.25, 0.3) is 0 Å². The number of hydrogen-bond acceptors (Lipinski definition) is 4. The number of ether oxygens (including phenoxy) is 2. The summed E-state index contributed by atoms with van der Waals surface area (Å²) < 4.78 is 10.7. The minimum atomic E-state index is 0. The zero-order chi connectivity index (χ0) is 16.9. The largest absolute Gasteiger partial charge is 0.481 e. The zero-order valence-electron chi connectivity index (χ0n) is 15.2. The minimum absolute atomic E-state index is 0. The summed E-state index contributed by atoms with van der Waals surface area (Å²) in [5, 5.41) is 6.48. The van der Waals surface area contributed by atoms with Gasteiger partial charge >= 0.3 is 0 Å². The fourth-order valence-electron chi connectivity index (χ4n) is 1.82. The Morgan fingerprint density at radius 3 is 2.71 bits per heavy atom. The van der Waals surface area contributed by atoms with E-state index >= 15 is 0 Å². The number of hydrogen-bond donors (Lipinski definition) is 2. The van der Waals surface area contributed by atoms with Crippen molar-refractivity contribution in [2.24, 2.45) is 10.9 Å². The van der Waals surface area contributed by atoms with E-state index in [0.29, 0.717) is 24.9 Å². The van der Waals surface area contributed by atoms with Crippen LogP contribution in [0.15, 0.2) is 23.2 Å². The van der Waals surface area contributed by atoms with Crippen LogP contribution in [0.25, 0.3) is 0 Å². The van der Waals surface area contributed by atoms with E-state index in [1.165, 1.54) is 0 Å². The maximum atomic E-state index is 5.59. The van der Waals surface area contributed by atoms with Crippen molar-refractivity contribution in [1.82, 2.24) is 15.6 Å². The van der Waals surface area contributed by atoms with Gasteiger partial charge in [-0.1, -0.05) is 19.9 Å². The van der Waals surface area contributed by atoms with Gasteiger partial charge in [-0.3, -0.25) is 0 Å². The lowest BCUT2D eigenvalue weighted by atomic mass is 10.1. The summed E-state index contributed by atoms with van der Waals surface area (Å²) in [5.74, 6) is 2.05. The summed E-state index contributed by atoms with van der Waals surface area (Å²) in [6.45, 7) is 9.96. The van der Waals surface area contributed by atoms with E-state index in [4.69, 9.17) is 9.47 Å². The number of guanidine groups is 1. The molecule has 1 rings (SSSR count). The van der Waals surface area contributed by atoms with Crippen molar-refractivity contribution >= 4 is 29.9 Å². The Balaban J connectivity index is 0.00000529. The van der Waals surface area contributed by atoms with Gasteiger partial charge < -0.3 is 20.1 Å². The van der Waals surface area contributed by atoms with Crippen LogP contribution in [0, 0.1) is 5.92 Å². The molecule has 0 aliphatic heterocycles. The van der Waals surface area contributed by atoms with Gasteiger partial charge in [-0.15, -0.1) is 24.0 Å². The van der Waals surface area contributed by atoms with E-state index in [0.717, 1.165) is 37.8 Å². The van der Waals surface area contributed by atoms with Gasteiger partial charge in [0.05, 0.1) is 26.0 Å². The number of nitrogens with one attached hydrogen (secondary N) is 2. The van der Waals surface area contributed by atoms with Gasteiger partial charge in [-0.05, 0) is 25.3 Å². The van der Waals surface area contributed by atoms with Gasteiger partial charge in [-0.2, -0.15) is 0 Å². The first-order valence-corrected chi connectivity index (χ1v) is 8.25. The molecule has 1 heterocycles. The molecule has 7 heteroatoms. The van der Waals surface area contributed by atoms with E-state index in [1.807, 2.05) is 25.1 Å². The third kappa shape index (κ3) is 10.6. The molecular weight excluding hydrogens is 419 g/mol. The van der Waals surface area contributed by atoms with Crippen LogP contribution < -0.4 is 15.4 Å². The first kappa shape index (κ1) is 22.9. The summed E-state index contributed by atoms with van der Waals surface area (Å²) >= 11 is 0. The molecule has 0 radical (unpaired) electrons. The third-order valence-corrected chi connectivity index (χ3v) is 3.11. The van der Waals surface area contributed by atoms with E-state index < -0.39 is 0 Å². The molecule has 0 atom stereocenters. The molecule has 6 nitrogen and oxygen atoms in total. The molecule has 138 valence electrons. The molecule has 0 saturated carbocycles. The SMILES string of the molecule is CCNC(=NCc1cccc(OC)n1)NCCOCCC(C)C.I. The van der Waals surface area contributed by atoms with E-state index in [9.17, 15) is 0 Å². The molecule has 0 unspecified atom stereocenters. The molecule has 0 aromatic carbocycles. The summed E-state index contributed by atoms with van der Waals surface area (Å²) in [7, 11) is 1.61. The molecule has 0 aliphatic carbocycles. The molecule has 0 bridgehead atoms. The molecule has 24 heavy (non-hydrogen) atoms. The van der Waals surface area contributed by atoms with Crippen LogP contribution in [0.1, 0.15) is 32.9 Å². The van der Waals surface area contributed by atoms with Gasteiger partial charge in [0.2, 0.25) is 5.88 Å². The predicted octanol–water partition coefficient (Wildman–Crippen LogP) is 2.83. The Morgan fingerprint density at radius 1 is 1.25 bits per heavy atom. The second-order valence-electron chi connectivity index (χ2n) is 5.59. The quantitative estimate of drug-likeness (QED) is 0.248. The van der Waals surface area contributed by atoms with Crippen LogP contribution >= 0.6 is 24.0 Å². The fraction of sp³-hybridized carbons (Fsp3) is 0.647. The highest BCUT2D eigenvalue weighted by Crippen LogP contribution is 2.07. The van der Waals surface area contributed by atoms with Crippen molar-refractivity contribution in [2.75, 3.05) is 33.4 Å². The lowest BCUT2D eigenvalue weighted by Gasteiger charge is -2.12. The van der Waals surface area contributed by atoms with E-state index in [2.05, 4.69) is 34.5 Å². The van der Waals surface area contributed by atoms with Crippen LogP contribution in [-0.2, 0) is 11.3 Å². The third-order valence-electron chi connectivity index (χ3n) is 3.11. The highest BCUT2D eigenvalue weighted by Gasteiger charge is 2.00. The minimum Gasteiger partial charge on any atom is -0.481 e. The number of halogens is 1. The molecule has 0 spiro atoms. The molecule has 1 aromatic rings. The lowest BCUT2D eigenvalue weighted by molar-refractivity contribution is 0.128. The highest BCUT2D eigenvalue weighted by atomic mass is 127. The maximum Gasteiger partial charge on any atom is 0.213 e. The van der Waals surface area contributed by atoms with Gasteiger partial charge in [-0.25, -0.2) is 9.98 Å². The Kier molecular flexibility index (Phi) is 13.6. The summed E-state index contributed by atoms with van der Waals surface area (Å²) in [4.78, 5) is 8.88. The number of methoxy groups -OCH3 is 1. The molecule has 1 aromatic heterocycles. The summed E-state index contributed by atoms with van der Waals surface area (Å²) in [6, 6.07) is 5.68. The van der Waals surface area contributed by atoms with Crippen molar-refractivity contribution in [3.8, 4) is 5.88 Å². The smallest absolute Gasteiger partial charge is 0.213 e. The van der Waals surface area contributed by atoms with E-state index in [1.54, 1.807) is 7.11 Å². The Labute approximate surface area is 162 Å². The topological polar surface area (TPSA) is 67.8 Å². The monoisotopic (exact) mass is 450 g/mol. The van der Waals surface area contributed by atoms with Crippen molar-refractivity contribution in [3.63, 3.8) is 0 Å². The first-order valence-electron chi connectivity index (χ1n) is 8.25. The normalized spacial score (nSPS) is 11.1. The van der Waals surface area contributed by atoms with Crippen molar-refractivity contribution in [1.29, 1.82) is 0 Å². The molecular formula is C17H31IN4O2. The molecule has 0 amide bonds. The van der Waals surface area contributed by atoms with Crippen LogP contribution in [0.2, 0.25) is 0 Å². The fourth-order valence-corrected chi connectivity index (χ4v) is 1.82. The number of aromatic nitrogens is 1. The van der Waals surface area contributed by atoms with Crippen molar-refractivity contribution in [3.05, 3.63) is 23.9 Å². The predicted molar refractivity (Wildman–Crippen MR) is 109 cm³/mol. The van der Waals surface area contributed by atoms with Gasteiger partial charge in [0, 0.05) is 25.8 Å². The zero-order valence-corrected chi connectivity index (χ0v) is 17.5. The summed E-state index contributed by atoms with van der Waals surface area (Å²) in [6.07, 6.45) is 1.09. The Hall–Kier alpha value is -1.09. The number of rotatable bonds is 10. The Morgan fingerprint density at radius 2 is 2.04 bits per heavy atom. The molecule has 0 aliphatic rings. The van der Waals surface area contributed by atoms with E-state index in [-0.39, 0.29) is 24.0 Å². The lowest BCUT2D eigenvalue weighted by Crippen LogP contribution is -2.39. The van der Waals surface area contributed by atoms with Crippen LogP contribution in [-0.4, -0.2) is 44.4 Å². The number of pyridine rings is 1. The molecule has 0 fully saturated rings. The highest BCUT2D eigenvalue weighted by molar-refractivity contribution is 14.0. The van der Waals surface area contributed by atoms with Crippen molar-refractivity contribution in [2.45, 2.75) is 33.7 Å². The van der Waals surface area contributed by atoms with Gasteiger partial charge in [0.15, 0.2) is 5.96 Å². The maximum absolute atomic E-state index is 5.59.